The molecule has 3 aromatic rings. The third kappa shape index (κ3) is 5.16. The molecule has 1 saturated heterocycles. The molecule has 0 atom stereocenters. The number of carbonyl (C=O) groups is 2. The Morgan fingerprint density at radius 2 is 1.78 bits per heavy atom. The lowest BCUT2D eigenvalue weighted by Crippen LogP contribution is -2.29. The predicted molar refractivity (Wildman–Crippen MR) is 129 cm³/mol. The van der Waals surface area contributed by atoms with Crippen molar-refractivity contribution in [3.05, 3.63) is 71.5 Å². The number of hydrogen-bond donors (Lipinski definition) is 2. The summed E-state index contributed by atoms with van der Waals surface area (Å²) in [5, 5.41) is 8.43. The second-order valence-electron chi connectivity index (χ2n) is 7.91. The summed E-state index contributed by atoms with van der Waals surface area (Å²) in [5.74, 6) is 0.0155. The van der Waals surface area contributed by atoms with Gasteiger partial charge >= 0.3 is 0 Å². The first kappa shape index (κ1) is 22.4. The van der Waals surface area contributed by atoms with Gasteiger partial charge in [-0.3, -0.25) is 9.59 Å². The lowest BCUT2D eigenvalue weighted by Gasteiger charge is -2.21. The minimum Gasteiger partial charge on any atom is -0.381 e. The Morgan fingerprint density at radius 3 is 2.56 bits per heavy atom. The summed E-state index contributed by atoms with van der Waals surface area (Å²) in [4.78, 5) is 30.1. The molecule has 0 aliphatic carbocycles. The number of pyridine rings is 1. The number of aromatic nitrogens is 1. The molecule has 0 bridgehead atoms. The maximum Gasteiger partial charge on any atom is 0.272 e. The lowest BCUT2D eigenvalue weighted by atomic mass is 9.97. The molecule has 1 aliphatic rings. The zero-order valence-corrected chi connectivity index (χ0v) is 19.4. The Balaban J connectivity index is 1.48. The van der Waals surface area contributed by atoms with E-state index in [0.717, 1.165) is 48.8 Å². The average molecular weight is 496 g/mol. The number of carbonyl (C=O) groups excluding carboxylic acids is 2. The van der Waals surface area contributed by atoms with Gasteiger partial charge in [0.1, 0.15) is 0 Å². The Morgan fingerprint density at radius 1 is 1.00 bits per heavy atom. The molecule has 2 amide bonds. The molecule has 0 spiro atoms. The Bertz CT molecular complexity index is 1110. The number of ether oxygens (including phenoxy) is 1. The van der Waals surface area contributed by atoms with Gasteiger partial charge in [0.15, 0.2) is 5.69 Å². The van der Waals surface area contributed by atoms with Crippen LogP contribution in [0.25, 0.3) is 10.8 Å². The van der Waals surface area contributed by atoms with Gasteiger partial charge < -0.3 is 15.4 Å². The predicted octanol–water partition coefficient (Wildman–Crippen LogP) is 4.93. The minimum absolute atomic E-state index is 0.217. The normalized spacial score (nSPS) is 14.3. The summed E-state index contributed by atoms with van der Waals surface area (Å²) in [6.45, 7) is 2.16. The number of hydrogen-bond acceptors (Lipinski definition) is 4. The number of amides is 2. The van der Waals surface area contributed by atoms with Crippen molar-refractivity contribution in [2.24, 2.45) is 5.92 Å². The van der Waals surface area contributed by atoms with E-state index in [1.807, 2.05) is 36.4 Å². The van der Waals surface area contributed by atoms with Crippen LogP contribution in [0.15, 0.2) is 54.7 Å². The van der Waals surface area contributed by atoms with Crippen LogP contribution in [-0.4, -0.2) is 36.6 Å². The second-order valence-corrected chi connectivity index (χ2v) is 8.47. The summed E-state index contributed by atoms with van der Waals surface area (Å²) in [7, 11) is 0. The lowest BCUT2D eigenvalue weighted by molar-refractivity contribution is 0.0636. The number of alkyl halides is 1. The van der Waals surface area contributed by atoms with Gasteiger partial charge in [-0.1, -0.05) is 46.3 Å². The van der Waals surface area contributed by atoms with E-state index in [0.29, 0.717) is 29.0 Å². The van der Waals surface area contributed by atoms with E-state index in [2.05, 4.69) is 31.5 Å². The molecule has 0 saturated carbocycles. The Hall–Kier alpha value is -2.77. The molecule has 7 heteroatoms. The maximum absolute atomic E-state index is 13.1. The van der Waals surface area contributed by atoms with Gasteiger partial charge in [-0.25, -0.2) is 4.98 Å². The van der Waals surface area contributed by atoms with E-state index in [-0.39, 0.29) is 17.5 Å². The van der Waals surface area contributed by atoms with E-state index in [1.54, 1.807) is 18.3 Å². The first-order valence-corrected chi connectivity index (χ1v) is 12.0. The fourth-order valence-electron chi connectivity index (χ4n) is 4.06. The topological polar surface area (TPSA) is 80.3 Å². The van der Waals surface area contributed by atoms with Crippen LogP contribution in [0.2, 0.25) is 0 Å². The van der Waals surface area contributed by atoms with Crippen LogP contribution in [0.5, 0.6) is 0 Å². The molecule has 0 radical (unpaired) electrons. The van der Waals surface area contributed by atoms with Gasteiger partial charge in [-0.05, 0) is 59.7 Å². The van der Waals surface area contributed by atoms with Crippen LogP contribution in [0.4, 0.5) is 5.69 Å². The largest absolute Gasteiger partial charge is 0.381 e. The van der Waals surface area contributed by atoms with Crippen molar-refractivity contribution in [3.63, 3.8) is 0 Å². The van der Waals surface area contributed by atoms with E-state index in [1.165, 1.54) is 0 Å². The molecule has 0 unspecified atom stereocenters. The molecule has 4 rings (SSSR count). The molecule has 1 fully saturated rings. The number of rotatable bonds is 7. The van der Waals surface area contributed by atoms with E-state index < -0.39 is 0 Å². The van der Waals surface area contributed by atoms with Crippen LogP contribution in [0.1, 0.15) is 45.7 Å². The van der Waals surface area contributed by atoms with E-state index >= 15 is 0 Å². The zero-order chi connectivity index (χ0) is 22.3. The summed E-state index contributed by atoms with van der Waals surface area (Å²) in [6, 6.07) is 15.0. The van der Waals surface area contributed by atoms with Crippen LogP contribution in [-0.2, 0) is 10.1 Å². The molecule has 2 N–H and O–H groups in total. The molecule has 32 heavy (non-hydrogen) atoms. The molecule has 6 nitrogen and oxygen atoms in total. The van der Waals surface area contributed by atoms with Gasteiger partial charge in [-0.15, -0.1) is 0 Å². The van der Waals surface area contributed by atoms with Crippen molar-refractivity contribution in [2.75, 3.05) is 25.1 Å². The molecule has 166 valence electrons. The number of anilines is 1. The number of nitrogens with zero attached hydrogens (tertiary/aromatic N) is 1. The third-order valence-corrected chi connectivity index (χ3v) is 6.46. The number of nitrogens with one attached hydrogen (secondary N) is 2. The van der Waals surface area contributed by atoms with Crippen molar-refractivity contribution in [3.8, 4) is 0 Å². The minimum atomic E-state index is -0.285. The highest BCUT2D eigenvalue weighted by Gasteiger charge is 2.19. The third-order valence-electron chi connectivity index (χ3n) is 5.85. The maximum atomic E-state index is 13.1. The summed E-state index contributed by atoms with van der Waals surface area (Å²) in [6.07, 6.45) is 4.53. The highest BCUT2D eigenvalue weighted by atomic mass is 79.9. The first-order chi connectivity index (χ1) is 15.7. The van der Waals surface area contributed by atoms with Crippen molar-refractivity contribution in [2.45, 2.75) is 24.6 Å². The van der Waals surface area contributed by atoms with Crippen LogP contribution >= 0.6 is 15.9 Å². The van der Waals surface area contributed by atoms with Gasteiger partial charge in [-0.2, -0.15) is 0 Å². The zero-order valence-electron chi connectivity index (χ0n) is 17.8. The first-order valence-electron chi connectivity index (χ1n) is 10.9. The Labute approximate surface area is 195 Å². The summed E-state index contributed by atoms with van der Waals surface area (Å²) < 4.78 is 5.39. The molecule has 1 aromatic heterocycles. The van der Waals surface area contributed by atoms with Crippen LogP contribution < -0.4 is 10.6 Å². The van der Waals surface area contributed by atoms with Crippen LogP contribution in [0, 0.1) is 5.92 Å². The van der Waals surface area contributed by atoms with E-state index in [4.69, 9.17) is 4.74 Å². The van der Waals surface area contributed by atoms with Gasteiger partial charge in [0.05, 0.1) is 5.69 Å². The highest BCUT2D eigenvalue weighted by molar-refractivity contribution is 9.08. The molecule has 2 aromatic carbocycles. The van der Waals surface area contributed by atoms with Crippen molar-refractivity contribution < 1.29 is 14.3 Å². The van der Waals surface area contributed by atoms with Crippen molar-refractivity contribution in [1.82, 2.24) is 10.3 Å². The number of benzene rings is 2. The quantitative estimate of drug-likeness (QED) is 0.455. The Kier molecular flexibility index (Phi) is 7.50. The van der Waals surface area contributed by atoms with E-state index in [9.17, 15) is 9.59 Å². The molecular formula is C25H26BrN3O3. The fraction of sp³-hybridized carbons (Fsp3) is 0.320. The number of halogens is 1. The summed E-state index contributed by atoms with van der Waals surface area (Å²) >= 11 is 3.51. The van der Waals surface area contributed by atoms with Gasteiger partial charge in [0.25, 0.3) is 11.8 Å². The smallest absolute Gasteiger partial charge is 0.272 e. The average Bonchev–Trinajstić information content (AvgIpc) is 2.84. The monoisotopic (exact) mass is 495 g/mol. The molecular weight excluding hydrogens is 470 g/mol. The summed E-state index contributed by atoms with van der Waals surface area (Å²) in [5.41, 5.74) is 2.28. The highest BCUT2D eigenvalue weighted by Crippen LogP contribution is 2.26. The van der Waals surface area contributed by atoms with Crippen LogP contribution in [0.3, 0.4) is 0 Å². The SMILES string of the molecule is O=C(NCCC1CCOCC1)c1ncccc1NC(=O)c1ccc(CBr)c2ccccc12. The number of fused-ring (bicyclic) bond motifs is 1. The molecule has 2 heterocycles. The fourth-order valence-corrected chi connectivity index (χ4v) is 4.55. The van der Waals surface area contributed by atoms with Crippen molar-refractivity contribution >= 4 is 44.2 Å². The van der Waals surface area contributed by atoms with Gasteiger partial charge in [0, 0.05) is 36.8 Å². The van der Waals surface area contributed by atoms with Gasteiger partial charge in [0.2, 0.25) is 0 Å². The molecule has 1 aliphatic heterocycles. The second kappa shape index (κ2) is 10.7. The van der Waals surface area contributed by atoms with Crippen molar-refractivity contribution in [1.29, 1.82) is 0 Å². The standard InChI is InChI=1S/C25H26BrN3O3/c26-16-18-7-8-21(20-5-2-1-4-19(18)20)24(30)29-22-6-3-12-27-23(22)25(31)28-13-9-17-10-14-32-15-11-17/h1-8,12,17H,9-11,13-16H2,(H,28,31)(H,29,30).